The highest BCUT2D eigenvalue weighted by Crippen LogP contribution is 2.35. The molecule has 3 heteroatoms. The minimum absolute atomic E-state index is 0.0971. The Morgan fingerprint density at radius 3 is 2.73 bits per heavy atom. The van der Waals surface area contributed by atoms with Crippen LogP contribution < -0.4 is 5.32 Å². The van der Waals surface area contributed by atoms with Gasteiger partial charge in [-0.25, -0.2) is 0 Å². The Hall–Kier alpha value is -0.830. The molecule has 0 saturated carbocycles. The monoisotopic (exact) mass is 223 g/mol. The summed E-state index contributed by atoms with van der Waals surface area (Å²) in [6.07, 6.45) is 0. The molecule has 0 amide bonds. The second-order valence-corrected chi connectivity index (χ2v) is 6.44. The molecular weight excluding hydrogens is 206 g/mol. The van der Waals surface area contributed by atoms with Gasteiger partial charge >= 0.3 is 0 Å². The smallest absolute Gasteiger partial charge is 0.0623 e. The molecule has 1 N–H and O–H groups in total. The van der Waals surface area contributed by atoms with Gasteiger partial charge in [0.05, 0.1) is 21.4 Å². The Kier molecular flexibility index (Phi) is 2.59. The third-order valence-corrected chi connectivity index (χ3v) is 4.07. The minimum atomic E-state index is -0.823. The topological polar surface area (TPSA) is 29.1 Å². The quantitative estimate of drug-likeness (QED) is 0.732. The summed E-state index contributed by atoms with van der Waals surface area (Å²) in [4.78, 5) is 0.966. The van der Waals surface area contributed by atoms with E-state index < -0.39 is 10.8 Å². The van der Waals surface area contributed by atoms with E-state index in [0.29, 0.717) is 0 Å². The molecule has 15 heavy (non-hydrogen) atoms. The van der Waals surface area contributed by atoms with Crippen LogP contribution in [-0.4, -0.2) is 16.5 Å². The number of para-hydroxylation sites is 1. The van der Waals surface area contributed by atoms with Crippen molar-refractivity contribution in [2.75, 3.05) is 17.6 Å². The van der Waals surface area contributed by atoms with Gasteiger partial charge < -0.3 is 5.32 Å². The Bertz CT molecular complexity index is 407. The molecule has 2 rings (SSSR count). The van der Waals surface area contributed by atoms with Gasteiger partial charge in [0, 0.05) is 12.3 Å². The number of nitrogens with one attached hydrogen (secondary N) is 1. The van der Waals surface area contributed by atoms with Gasteiger partial charge in [-0.1, -0.05) is 32.9 Å². The summed E-state index contributed by atoms with van der Waals surface area (Å²) in [6.45, 7) is 7.36. The molecule has 82 valence electrons. The van der Waals surface area contributed by atoms with Crippen LogP contribution in [0, 0.1) is 0 Å². The lowest BCUT2D eigenvalue weighted by Gasteiger charge is -2.27. The zero-order chi connectivity index (χ0) is 11.1. The fourth-order valence-electron chi connectivity index (χ4n) is 1.91. The summed E-state index contributed by atoms with van der Waals surface area (Å²) >= 11 is 0. The number of rotatable bonds is 0. The number of benzene rings is 1. The SMILES string of the molecule is CC(C)(C)c1cccc2c1NCCS2=O. The molecule has 0 fully saturated rings. The molecule has 1 aromatic rings. The molecule has 0 aliphatic carbocycles. The predicted octanol–water partition coefficient (Wildman–Crippen LogP) is 2.52. The maximum atomic E-state index is 11.8. The van der Waals surface area contributed by atoms with Gasteiger partial charge in [-0.15, -0.1) is 0 Å². The lowest BCUT2D eigenvalue weighted by atomic mass is 9.86. The van der Waals surface area contributed by atoms with E-state index in [4.69, 9.17) is 0 Å². The highest BCUT2D eigenvalue weighted by Gasteiger charge is 2.24. The first-order valence-corrected chi connectivity index (χ1v) is 6.58. The third kappa shape index (κ3) is 1.93. The number of anilines is 1. The van der Waals surface area contributed by atoms with E-state index in [1.54, 1.807) is 0 Å². The lowest BCUT2D eigenvalue weighted by Crippen LogP contribution is -2.23. The van der Waals surface area contributed by atoms with Gasteiger partial charge in [0.15, 0.2) is 0 Å². The first-order valence-electron chi connectivity index (χ1n) is 5.26. The molecule has 2 nitrogen and oxygen atoms in total. The van der Waals surface area contributed by atoms with Crippen molar-refractivity contribution in [1.29, 1.82) is 0 Å². The molecule has 0 aromatic heterocycles. The normalized spacial score (nSPS) is 20.6. The Morgan fingerprint density at radius 2 is 2.07 bits per heavy atom. The predicted molar refractivity (Wildman–Crippen MR) is 64.9 cm³/mol. The van der Waals surface area contributed by atoms with Crippen molar-refractivity contribution in [3.63, 3.8) is 0 Å². The first kappa shape index (κ1) is 10.7. The van der Waals surface area contributed by atoms with Crippen molar-refractivity contribution in [1.82, 2.24) is 0 Å². The van der Waals surface area contributed by atoms with Crippen LogP contribution >= 0.6 is 0 Å². The molecule has 0 radical (unpaired) electrons. The van der Waals surface area contributed by atoms with Crippen molar-refractivity contribution in [2.24, 2.45) is 0 Å². The summed E-state index contributed by atoms with van der Waals surface area (Å²) in [5, 5.41) is 3.38. The summed E-state index contributed by atoms with van der Waals surface area (Å²) in [5.41, 5.74) is 2.45. The molecule has 0 saturated heterocycles. The van der Waals surface area contributed by atoms with E-state index in [2.05, 4.69) is 32.2 Å². The van der Waals surface area contributed by atoms with Crippen molar-refractivity contribution < 1.29 is 4.21 Å². The van der Waals surface area contributed by atoms with Crippen LogP contribution in [0.3, 0.4) is 0 Å². The van der Waals surface area contributed by atoms with E-state index in [-0.39, 0.29) is 5.41 Å². The molecule has 0 bridgehead atoms. The summed E-state index contributed by atoms with van der Waals surface area (Å²) in [5.74, 6) is 0.723. The van der Waals surface area contributed by atoms with E-state index in [9.17, 15) is 4.21 Å². The van der Waals surface area contributed by atoms with Crippen LogP contribution in [0.4, 0.5) is 5.69 Å². The number of hydrogen-bond donors (Lipinski definition) is 1. The van der Waals surface area contributed by atoms with Gasteiger partial charge in [0.1, 0.15) is 0 Å². The summed E-state index contributed by atoms with van der Waals surface area (Å²) in [6, 6.07) is 6.09. The van der Waals surface area contributed by atoms with Gasteiger partial charge in [-0.05, 0) is 17.0 Å². The highest BCUT2D eigenvalue weighted by atomic mass is 32.2. The average Bonchev–Trinajstić information content (AvgIpc) is 2.16. The minimum Gasteiger partial charge on any atom is -0.383 e. The van der Waals surface area contributed by atoms with Crippen molar-refractivity contribution in [2.45, 2.75) is 31.1 Å². The average molecular weight is 223 g/mol. The van der Waals surface area contributed by atoms with E-state index in [1.165, 1.54) is 5.56 Å². The standard InChI is InChI=1S/C12H17NOS/c1-12(2,3)9-5-4-6-10-11(9)13-7-8-15(10)14/h4-6,13H,7-8H2,1-3H3. The van der Waals surface area contributed by atoms with Gasteiger partial charge in [-0.3, -0.25) is 4.21 Å². The fourth-order valence-corrected chi connectivity index (χ4v) is 3.05. The number of fused-ring (bicyclic) bond motifs is 1. The Balaban J connectivity index is 2.59. The molecule has 1 atom stereocenters. The zero-order valence-electron chi connectivity index (χ0n) is 9.46. The molecule has 0 spiro atoms. The van der Waals surface area contributed by atoms with E-state index in [1.807, 2.05) is 12.1 Å². The Labute approximate surface area is 93.5 Å². The van der Waals surface area contributed by atoms with Gasteiger partial charge in [0.25, 0.3) is 0 Å². The molecule has 1 aliphatic rings. The van der Waals surface area contributed by atoms with E-state index in [0.717, 1.165) is 22.9 Å². The fraction of sp³-hybridized carbons (Fsp3) is 0.500. The van der Waals surface area contributed by atoms with Gasteiger partial charge in [-0.2, -0.15) is 0 Å². The van der Waals surface area contributed by atoms with Crippen molar-refractivity contribution in [3.05, 3.63) is 23.8 Å². The van der Waals surface area contributed by atoms with E-state index >= 15 is 0 Å². The van der Waals surface area contributed by atoms with Gasteiger partial charge in [0.2, 0.25) is 0 Å². The maximum absolute atomic E-state index is 11.8. The summed E-state index contributed by atoms with van der Waals surface area (Å²) in [7, 11) is -0.823. The van der Waals surface area contributed by atoms with Crippen molar-refractivity contribution >= 4 is 16.5 Å². The largest absolute Gasteiger partial charge is 0.383 e. The molecule has 1 aliphatic heterocycles. The molecular formula is C12H17NOS. The lowest BCUT2D eigenvalue weighted by molar-refractivity contribution is 0.589. The Morgan fingerprint density at radius 1 is 1.33 bits per heavy atom. The third-order valence-electron chi connectivity index (χ3n) is 2.67. The summed E-state index contributed by atoms with van der Waals surface area (Å²) < 4.78 is 11.8. The van der Waals surface area contributed by atoms with Crippen LogP contribution in [0.2, 0.25) is 0 Å². The molecule has 1 aromatic carbocycles. The molecule has 1 heterocycles. The second kappa shape index (κ2) is 3.63. The second-order valence-electron chi connectivity index (χ2n) is 4.91. The zero-order valence-corrected chi connectivity index (χ0v) is 10.3. The van der Waals surface area contributed by atoms with Crippen LogP contribution in [-0.2, 0) is 16.2 Å². The molecule has 1 unspecified atom stereocenters. The first-order chi connectivity index (χ1) is 7.00. The highest BCUT2D eigenvalue weighted by molar-refractivity contribution is 7.85. The van der Waals surface area contributed by atoms with Crippen LogP contribution in [0.5, 0.6) is 0 Å². The maximum Gasteiger partial charge on any atom is 0.0623 e. The van der Waals surface area contributed by atoms with Crippen LogP contribution in [0.25, 0.3) is 0 Å². The van der Waals surface area contributed by atoms with Crippen molar-refractivity contribution in [3.8, 4) is 0 Å². The number of hydrogen-bond acceptors (Lipinski definition) is 2. The van der Waals surface area contributed by atoms with Crippen LogP contribution in [0.1, 0.15) is 26.3 Å². The van der Waals surface area contributed by atoms with Crippen LogP contribution in [0.15, 0.2) is 23.1 Å².